The van der Waals surface area contributed by atoms with Crippen molar-refractivity contribution in [3.8, 4) is 5.75 Å². The molecule has 0 saturated carbocycles. The number of aromatic nitrogens is 1. The minimum absolute atomic E-state index is 0.154. The van der Waals surface area contributed by atoms with E-state index in [1.165, 1.54) is 12.1 Å². The van der Waals surface area contributed by atoms with E-state index in [2.05, 4.69) is 4.98 Å². The van der Waals surface area contributed by atoms with E-state index < -0.39 is 12.0 Å². The van der Waals surface area contributed by atoms with Gasteiger partial charge in [0.15, 0.2) is 0 Å². The van der Waals surface area contributed by atoms with Crippen molar-refractivity contribution in [2.24, 2.45) is 0 Å². The molecule has 2 aromatic rings. The van der Waals surface area contributed by atoms with Crippen LogP contribution in [0.25, 0.3) is 17.0 Å². The molecule has 1 aromatic heterocycles. The number of hydrogen-bond acceptors (Lipinski definition) is 3. The van der Waals surface area contributed by atoms with Gasteiger partial charge < -0.3 is 9.72 Å². The molecule has 5 nitrogen and oxygen atoms in total. The van der Waals surface area contributed by atoms with E-state index in [1.54, 1.807) is 18.3 Å². The third-order valence-corrected chi connectivity index (χ3v) is 2.18. The Morgan fingerprint density at radius 2 is 2.50 bits per heavy atom. The van der Waals surface area contributed by atoms with Gasteiger partial charge in [-0.1, -0.05) is 6.07 Å². The molecule has 0 bridgehead atoms. The fourth-order valence-corrected chi connectivity index (χ4v) is 1.53. The van der Waals surface area contributed by atoms with E-state index in [-0.39, 0.29) is 5.75 Å². The Hall–Kier alpha value is -2.30. The summed E-state index contributed by atoms with van der Waals surface area (Å²) < 4.78 is 26.2. The van der Waals surface area contributed by atoms with E-state index >= 15 is 0 Å². The van der Waals surface area contributed by atoms with Crippen molar-refractivity contribution in [1.82, 2.24) is 4.98 Å². The van der Waals surface area contributed by atoms with Crippen molar-refractivity contribution in [2.45, 2.75) is 0 Å². The number of benzene rings is 1. The smallest absolute Gasteiger partial charge is 0.235 e. The van der Waals surface area contributed by atoms with Gasteiger partial charge in [0.2, 0.25) is 6.20 Å². The highest BCUT2D eigenvalue weighted by Gasteiger charge is 2.07. The van der Waals surface area contributed by atoms with Crippen LogP contribution in [0.3, 0.4) is 0 Å². The molecule has 1 aromatic carbocycles. The van der Waals surface area contributed by atoms with Crippen LogP contribution >= 0.6 is 0 Å². The summed E-state index contributed by atoms with van der Waals surface area (Å²) in [6.07, 6.45) is 3.62. The zero-order valence-corrected chi connectivity index (χ0v) is 8.14. The Morgan fingerprint density at radius 3 is 3.25 bits per heavy atom. The summed E-state index contributed by atoms with van der Waals surface area (Å²) in [5, 5.41) is 10.8. The normalized spacial score (nSPS) is 14.6. The van der Waals surface area contributed by atoms with Crippen molar-refractivity contribution in [3.05, 3.63) is 46.3 Å². The number of methoxy groups -OCH3 is 1. The summed E-state index contributed by atoms with van der Waals surface area (Å²) in [4.78, 5) is 12.6. The summed E-state index contributed by atoms with van der Waals surface area (Å²) in [5.74, 6) is 0.154. The largest absolute Gasteiger partial charge is 0.496 e. The van der Waals surface area contributed by atoms with Crippen LogP contribution in [0, 0.1) is 10.1 Å². The van der Waals surface area contributed by atoms with E-state index in [1.807, 2.05) is 0 Å². The second kappa shape index (κ2) is 4.06. The summed E-state index contributed by atoms with van der Waals surface area (Å²) in [6, 6.07) is 4.87. The molecule has 1 N–H and O–H groups in total. The first kappa shape index (κ1) is 7.05. The first-order valence-electron chi connectivity index (χ1n) is 5.97. The highest BCUT2D eigenvalue weighted by molar-refractivity contribution is 5.93. The lowest BCUT2D eigenvalue weighted by Crippen LogP contribution is -1.85. The predicted molar refractivity (Wildman–Crippen MR) is 60.9 cm³/mol. The lowest BCUT2D eigenvalue weighted by atomic mass is 10.1. The summed E-state index contributed by atoms with van der Waals surface area (Å²) in [5.41, 5.74) is 1.14. The minimum Gasteiger partial charge on any atom is -0.496 e. The Morgan fingerprint density at radius 1 is 1.62 bits per heavy atom. The van der Waals surface area contributed by atoms with Crippen molar-refractivity contribution < 1.29 is 13.8 Å². The van der Waals surface area contributed by atoms with E-state index in [0.29, 0.717) is 16.5 Å². The van der Waals surface area contributed by atoms with Crippen molar-refractivity contribution in [3.63, 3.8) is 0 Å². The number of ether oxygens (including phenoxy) is 1. The van der Waals surface area contributed by atoms with Crippen molar-refractivity contribution in [2.75, 3.05) is 7.04 Å². The molecule has 0 spiro atoms. The molecule has 16 heavy (non-hydrogen) atoms. The lowest BCUT2D eigenvalue weighted by molar-refractivity contribution is -0.400. The SMILES string of the molecule is [2H]C([2H])([2H])Oc1cccc2[nH]cc(/C=C/[N+](=O)[O-])c12. The van der Waals surface area contributed by atoms with Crippen molar-refractivity contribution in [1.29, 1.82) is 0 Å². The molecule has 2 rings (SSSR count). The summed E-state index contributed by atoms with van der Waals surface area (Å²) >= 11 is 0. The van der Waals surface area contributed by atoms with Crippen LogP contribution in [0.1, 0.15) is 9.68 Å². The van der Waals surface area contributed by atoms with Crippen LogP contribution in [-0.2, 0) is 0 Å². The van der Waals surface area contributed by atoms with Crippen LogP contribution in [-0.4, -0.2) is 16.9 Å². The molecule has 0 atom stereocenters. The average Bonchev–Trinajstić information content (AvgIpc) is 2.68. The third-order valence-electron chi connectivity index (χ3n) is 2.18. The van der Waals surface area contributed by atoms with E-state index in [4.69, 9.17) is 8.85 Å². The van der Waals surface area contributed by atoms with Gasteiger partial charge in [-0.25, -0.2) is 0 Å². The third kappa shape index (κ3) is 1.75. The zero-order valence-electron chi connectivity index (χ0n) is 11.1. The van der Waals surface area contributed by atoms with Crippen LogP contribution in [0.4, 0.5) is 0 Å². The summed E-state index contributed by atoms with van der Waals surface area (Å²) in [7, 11) is -2.57. The maximum absolute atomic E-state index is 10.3. The number of nitrogens with one attached hydrogen (secondary N) is 1. The van der Waals surface area contributed by atoms with Gasteiger partial charge in [0.1, 0.15) is 5.75 Å². The monoisotopic (exact) mass is 221 g/mol. The van der Waals surface area contributed by atoms with E-state index in [9.17, 15) is 10.1 Å². The van der Waals surface area contributed by atoms with Gasteiger partial charge in [0.05, 0.1) is 16.1 Å². The maximum Gasteiger partial charge on any atom is 0.235 e. The van der Waals surface area contributed by atoms with Crippen LogP contribution in [0.2, 0.25) is 0 Å². The quantitative estimate of drug-likeness (QED) is 0.639. The van der Waals surface area contributed by atoms with Gasteiger partial charge in [-0.3, -0.25) is 10.1 Å². The van der Waals surface area contributed by atoms with Gasteiger partial charge in [-0.15, -0.1) is 0 Å². The standard InChI is InChI=1S/C11H10N2O3/c1-16-10-4-2-3-9-11(10)8(7-12-9)5-6-13(14)15/h2-7,12H,1H3/b6-5+/i1D3. The average molecular weight is 221 g/mol. The molecule has 5 heteroatoms. The molecule has 0 aliphatic rings. The number of fused-ring (bicyclic) bond motifs is 1. The Balaban J connectivity index is 2.52. The molecule has 0 saturated heterocycles. The number of hydrogen-bond donors (Lipinski definition) is 1. The molecule has 82 valence electrons. The Kier molecular flexibility index (Phi) is 1.79. The fraction of sp³-hybridized carbons (Fsp3) is 0.0909. The highest BCUT2D eigenvalue weighted by atomic mass is 16.6. The van der Waals surface area contributed by atoms with Gasteiger partial charge in [-0.05, 0) is 12.1 Å². The van der Waals surface area contributed by atoms with Gasteiger partial charge >= 0.3 is 0 Å². The number of aromatic amines is 1. The molecular weight excluding hydrogens is 208 g/mol. The van der Waals surface area contributed by atoms with Gasteiger partial charge in [0, 0.05) is 28.7 Å². The van der Waals surface area contributed by atoms with E-state index in [0.717, 1.165) is 6.20 Å². The molecule has 0 amide bonds. The van der Waals surface area contributed by atoms with Crippen LogP contribution in [0.5, 0.6) is 5.75 Å². The minimum atomic E-state index is -2.57. The molecule has 1 heterocycles. The number of H-pyrrole nitrogens is 1. The predicted octanol–water partition coefficient (Wildman–Crippen LogP) is 2.42. The molecular formula is C11H10N2O3. The highest BCUT2D eigenvalue weighted by Crippen LogP contribution is 2.29. The molecule has 0 aliphatic carbocycles. The fourth-order valence-electron chi connectivity index (χ4n) is 1.53. The van der Waals surface area contributed by atoms with Crippen LogP contribution in [0.15, 0.2) is 30.6 Å². The molecule has 0 aliphatic heterocycles. The second-order valence-corrected chi connectivity index (χ2v) is 3.13. The Labute approximate surface area is 95.7 Å². The number of nitro groups is 1. The Bertz CT molecular complexity index is 646. The van der Waals surface area contributed by atoms with Crippen molar-refractivity contribution >= 4 is 17.0 Å². The second-order valence-electron chi connectivity index (χ2n) is 3.13. The lowest BCUT2D eigenvalue weighted by Gasteiger charge is -2.01. The van der Waals surface area contributed by atoms with Crippen LogP contribution < -0.4 is 4.74 Å². The first-order valence-corrected chi connectivity index (χ1v) is 4.47. The topological polar surface area (TPSA) is 68.2 Å². The molecule has 0 unspecified atom stereocenters. The van der Waals surface area contributed by atoms with Gasteiger partial charge in [-0.2, -0.15) is 0 Å². The number of rotatable bonds is 3. The number of nitrogens with zero attached hydrogens (tertiary/aromatic N) is 1. The van der Waals surface area contributed by atoms with Gasteiger partial charge in [0.25, 0.3) is 0 Å². The first-order chi connectivity index (χ1) is 8.87. The zero-order chi connectivity index (χ0) is 14.0. The summed E-state index contributed by atoms with van der Waals surface area (Å²) in [6.45, 7) is 0. The molecule has 0 fully saturated rings. The maximum atomic E-state index is 10.3. The molecule has 0 radical (unpaired) electrons.